The fourth-order valence-corrected chi connectivity index (χ4v) is 3.99. The number of fused-ring (bicyclic) bond motifs is 1. The van der Waals surface area contributed by atoms with Gasteiger partial charge in [-0.25, -0.2) is 4.98 Å². The summed E-state index contributed by atoms with van der Waals surface area (Å²) in [6.45, 7) is 1.71. The summed E-state index contributed by atoms with van der Waals surface area (Å²) >= 11 is 18.9. The van der Waals surface area contributed by atoms with Crippen LogP contribution in [0.4, 0.5) is 17.6 Å². The molecule has 0 saturated heterocycles. The molecule has 0 saturated carbocycles. The van der Waals surface area contributed by atoms with E-state index in [0.29, 0.717) is 5.69 Å². The standard InChI is InChI=1S/C21H17Cl3N8O2/c1-8(28-18-14(24)16(25)30-21(27)31-18)19-29-15-12(23)6-5-11(22)13(15)20(34)32(19)10-4-2-3-9(7-10)17(26)33/h2-8H,1H3,(H2,26,33)(H5,25,27,28,30,31). The first-order valence-corrected chi connectivity index (χ1v) is 10.9. The molecule has 0 spiro atoms. The van der Waals surface area contributed by atoms with E-state index in [1.165, 1.54) is 22.8 Å². The number of nitrogens with zero attached hydrogens (tertiary/aromatic N) is 4. The van der Waals surface area contributed by atoms with Crippen LogP contribution in [0.5, 0.6) is 0 Å². The van der Waals surface area contributed by atoms with Gasteiger partial charge in [0.05, 0.1) is 32.7 Å². The minimum absolute atomic E-state index is 0.0169. The summed E-state index contributed by atoms with van der Waals surface area (Å²) in [6, 6.07) is 8.59. The first kappa shape index (κ1) is 23.6. The highest BCUT2D eigenvalue weighted by Gasteiger charge is 2.23. The fraction of sp³-hybridized carbons (Fsp3) is 0.0952. The largest absolute Gasteiger partial charge is 0.382 e. The Kier molecular flexibility index (Phi) is 6.22. The second-order valence-corrected chi connectivity index (χ2v) is 8.47. The smallest absolute Gasteiger partial charge is 0.267 e. The minimum atomic E-state index is -0.685. The molecule has 10 nitrogen and oxygen atoms in total. The van der Waals surface area contributed by atoms with Crippen LogP contribution in [0.15, 0.2) is 41.2 Å². The van der Waals surface area contributed by atoms with E-state index >= 15 is 0 Å². The summed E-state index contributed by atoms with van der Waals surface area (Å²) in [6.07, 6.45) is 0. The van der Waals surface area contributed by atoms with Crippen molar-refractivity contribution in [3.8, 4) is 5.69 Å². The topological polar surface area (TPSA) is 168 Å². The van der Waals surface area contributed by atoms with E-state index < -0.39 is 17.5 Å². The molecule has 4 rings (SSSR count). The van der Waals surface area contributed by atoms with Crippen LogP contribution in [0.1, 0.15) is 29.1 Å². The molecule has 7 N–H and O–H groups in total. The van der Waals surface area contributed by atoms with Gasteiger partial charge in [-0.15, -0.1) is 0 Å². The molecule has 13 heteroatoms. The number of carbonyl (C=O) groups is 1. The predicted octanol–water partition coefficient (Wildman–Crippen LogP) is 3.57. The van der Waals surface area contributed by atoms with Crippen LogP contribution >= 0.6 is 34.8 Å². The number of aromatic nitrogens is 4. The van der Waals surface area contributed by atoms with Crippen molar-refractivity contribution in [1.29, 1.82) is 0 Å². The second kappa shape index (κ2) is 8.98. The van der Waals surface area contributed by atoms with Crippen molar-refractivity contribution in [2.45, 2.75) is 13.0 Å². The summed E-state index contributed by atoms with van der Waals surface area (Å²) in [5.41, 5.74) is 17.2. The molecule has 1 unspecified atom stereocenters. The number of hydrogen-bond donors (Lipinski definition) is 4. The average Bonchev–Trinajstić information content (AvgIpc) is 2.79. The molecule has 0 radical (unpaired) electrons. The number of anilines is 3. The van der Waals surface area contributed by atoms with Gasteiger partial charge in [0.2, 0.25) is 11.9 Å². The third-order valence-electron chi connectivity index (χ3n) is 4.97. The van der Waals surface area contributed by atoms with Gasteiger partial charge in [-0.05, 0) is 37.3 Å². The number of primary amides is 1. The molecule has 0 fully saturated rings. The number of amides is 1. The summed E-state index contributed by atoms with van der Waals surface area (Å²) in [5.74, 6) is -0.407. The third-order valence-corrected chi connectivity index (χ3v) is 5.97. The molecule has 0 bridgehead atoms. The van der Waals surface area contributed by atoms with Crippen LogP contribution in [0, 0.1) is 0 Å². The Bertz CT molecular complexity index is 1520. The van der Waals surface area contributed by atoms with Gasteiger partial charge >= 0.3 is 0 Å². The molecular weight excluding hydrogens is 503 g/mol. The van der Waals surface area contributed by atoms with Gasteiger partial charge in [-0.1, -0.05) is 40.9 Å². The van der Waals surface area contributed by atoms with Gasteiger partial charge in [0, 0.05) is 5.56 Å². The van der Waals surface area contributed by atoms with Gasteiger partial charge in [0.15, 0.2) is 5.82 Å². The van der Waals surface area contributed by atoms with E-state index in [-0.39, 0.29) is 54.9 Å². The van der Waals surface area contributed by atoms with Crippen molar-refractivity contribution in [2.75, 3.05) is 16.8 Å². The van der Waals surface area contributed by atoms with E-state index in [2.05, 4.69) is 20.3 Å². The van der Waals surface area contributed by atoms with Crippen LogP contribution in [-0.4, -0.2) is 25.4 Å². The molecule has 4 aromatic rings. The second-order valence-electron chi connectivity index (χ2n) is 7.27. The fourth-order valence-electron chi connectivity index (χ4n) is 3.42. The predicted molar refractivity (Wildman–Crippen MR) is 134 cm³/mol. The molecule has 174 valence electrons. The molecule has 0 aliphatic carbocycles. The van der Waals surface area contributed by atoms with Crippen LogP contribution in [0.25, 0.3) is 16.6 Å². The Balaban J connectivity index is 1.99. The monoisotopic (exact) mass is 518 g/mol. The van der Waals surface area contributed by atoms with Gasteiger partial charge in [0.1, 0.15) is 16.7 Å². The normalized spacial score (nSPS) is 12.0. The highest BCUT2D eigenvalue weighted by molar-refractivity contribution is 6.39. The highest BCUT2D eigenvalue weighted by atomic mass is 35.5. The maximum absolute atomic E-state index is 13.7. The van der Waals surface area contributed by atoms with Crippen molar-refractivity contribution in [3.05, 3.63) is 73.2 Å². The maximum atomic E-state index is 13.7. The van der Waals surface area contributed by atoms with Gasteiger partial charge in [0.25, 0.3) is 5.56 Å². The molecule has 34 heavy (non-hydrogen) atoms. The lowest BCUT2D eigenvalue weighted by atomic mass is 10.1. The zero-order valence-electron chi connectivity index (χ0n) is 17.5. The Morgan fingerprint density at radius 2 is 1.76 bits per heavy atom. The van der Waals surface area contributed by atoms with E-state index in [1.54, 1.807) is 25.1 Å². The van der Waals surface area contributed by atoms with Crippen LogP contribution in [-0.2, 0) is 0 Å². The number of carbonyl (C=O) groups excluding carboxylic acids is 1. The maximum Gasteiger partial charge on any atom is 0.267 e. The molecule has 2 aromatic carbocycles. The van der Waals surface area contributed by atoms with E-state index in [4.69, 9.17) is 52.0 Å². The molecule has 0 aliphatic rings. The van der Waals surface area contributed by atoms with Crippen molar-refractivity contribution < 1.29 is 4.79 Å². The summed E-state index contributed by atoms with van der Waals surface area (Å²) in [7, 11) is 0. The molecular formula is C21H17Cl3N8O2. The number of benzene rings is 2. The Labute approximate surface area is 207 Å². The first-order valence-electron chi connectivity index (χ1n) is 9.74. The minimum Gasteiger partial charge on any atom is -0.382 e. The SMILES string of the molecule is CC(Nc1nc(N)nc(N)c1Cl)c1nc2c(Cl)ccc(Cl)c2c(=O)n1-c1cccc(C(N)=O)c1. The van der Waals surface area contributed by atoms with E-state index in [9.17, 15) is 9.59 Å². The third kappa shape index (κ3) is 4.18. The Morgan fingerprint density at radius 1 is 1.06 bits per heavy atom. The van der Waals surface area contributed by atoms with Gasteiger partial charge < -0.3 is 22.5 Å². The lowest BCUT2D eigenvalue weighted by molar-refractivity contribution is 0.1000. The quantitative estimate of drug-likeness (QED) is 0.310. The van der Waals surface area contributed by atoms with E-state index in [0.717, 1.165) is 0 Å². The number of hydrogen-bond acceptors (Lipinski definition) is 8. The molecule has 2 heterocycles. The number of nitrogen functional groups attached to an aromatic ring is 2. The summed E-state index contributed by atoms with van der Waals surface area (Å²) < 4.78 is 1.30. The molecule has 1 atom stereocenters. The molecule has 0 aliphatic heterocycles. The molecule has 2 aromatic heterocycles. The Hall–Kier alpha value is -3.60. The number of rotatable bonds is 5. The number of nitrogens with two attached hydrogens (primary N) is 3. The average molecular weight is 520 g/mol. The van der Waals surface area contributed by atoms with Crippen molar-refractivity contribution in [2.24, 2.45) is 5.73 Å². The van der Waals surface area contributed by atoms with Crippen molar-refractivity contribution >= 4 is 69.2 Å². The van der Waals surface area contributed by atoms with Crippen molar-refractivity contribution in [3.63, 3.8) is 0 Å². The van der Waals surface area contributed by atoms with Crippen LogP contribution in [0.2, 0.25) is 15.1 Å². The van der Waals surface area contributed by atoms with Crippen LogP contribution < -0.4 is 28.1 Å². The van der Waals surface area contributed by atoms with Crippen molar-refractivity contribution in [1.82, 2.24) is 19.5 Å². The lowest BCUT2D eigenvalue weighted by Gasteiger charge is -2.21. The van der Waals surface area contributed by atoms with Gasteiger partial charge in [-0.2, -0.15) is 9.97 Å². The summed E-state index contributed by atoms with van der Waals surface area (Å²) in [5, 5.41) is 3.61. The van der Waals surface area contributed by atoms with E-state index in [1.807, 2.05) is 0 Å². The first-order chi connectivity index (χ1) is 16.1. The molecule has 1 amide bonds. The zero-order chi connectivity index (χ0) is 24.7. The van der Waals surface area contributed by atoms with Crippen LogP contribution in [0.3, 0.4) is 0 Å². The highest BCUT2D eigenvalue weighted by Crippen LogP contribution is 2.31. The number of halogens is 3. The Morgan fingerprint density at radius 3 is 2.47 bits per heavy atom. The lowest BCUT2D eigenvalue weighted by Crippen LogP contribution is -2.28. The summed E-state index contributed by atoms with van der Waals surface area (Å²) in [4.78, 5) is 38.0. The van der Waals surface area contributed by atoms with Gasteiger partial charge in [-0.3, -0.25) is 14.2 Å². The zero-order valence-corrected chi connectivity index (χ0v) is 19.8. The number of nitrogens with one attached hydrogen (secondary N) is 1.